The van der Waals surface area contributed by atoms with Crippen molar-refractivity contribution in [1.29, 1.82) is 0 Å². The highest BCUT2D eigenvalue weighted by Gasteiger charge is 2.24. The zero-order valence-electron chi connectivity index (χ0n) is 16.1. The third kappa shape index (κ3) is 4.10. The van der Waals surface area contributed by atoms with E-state index in [2.05, 4.69) is 4.98 Å². The number of aryl methyl sites for hydroxylation is 2. The summed E-state index contributed by atoms with van der Waals surface area (Å²) in [6, 6.07) is 7.24. The van der Waals surface area contributed by atoms with Crippen molar-refractivity contribution < 1.29 is 14.3 Å². The second-order valence-electron chi connectivity index (χ2n) is 6.81. The van der Waals surface area contributed by atoms with Crippen molar-refractivity contribution in [3.63, 3.8) is 0 Å². The summed E-state index contributed by atoms with van der Waals surface area (Å²) in [5.41, 5.74) is 3.17. The molecule has 1 aromatic heterocycles. The summed E-state index contributed by atoms with van der Waals surface area (Å²) >= 11 is 0. The van der Waals surface area contributed by atoms with E-state index in [-0.39, 0.29) is 11.8 Å². The zero-order valence-corrected chi connectivity index (χ0v) is 16.1. The number of benzene rings is 1. The van der Waals surface area contributed by atoms with Crippen molar-refractivity contribution in [2.75, 3.05) is 33.3 Å². The monoisotopic (exact) mass is 367 g/mol. The third-order valence-electron chi connectivity index (χ3n) is 4.97. The lowest BCUT2D eigenvalue weighted by Crippen LogP contribution is -2.37. The van der Waals surface area contributed by atoms with Crippen LogP contribution in [0.1, 0.15) is 38.3 Å². The predicted molar refractivity (Wildman–Crippen MR) is 103 cm³/mol. The van der Waals surface area contributed by atoms with Gasteiger partial charge in [0.2, 0.25) is 0 Å². The lowest BCUT2D eigenvalue weighted by molar-refractivity contribution is 0.0718. The van der Waals surface area contributed by atoms with Crippen LogP contribution in [0.25, 0.3) is 0 Å². The van der Waals surface area contributed by atoms with Crippen molar-refractivity contribution in [2.45, 2.75) is 20.3 Å². The van der Waals surface area contributed by atoms with Crippen LogP contribution in [-0.2, 0) is 0 Å². The Balaban J connectivity index is 1.72. The minimum Gasteiger partial charge on any atom is -0.496 e. The number of hydrogen-bond donors (Lipinski definition) is 0. The fourth-order valence-corrected chi connectivity index (χ4v) is 3.41. The lowest BCUT2D eigenvalue weighted by atomic mass is 10.0. The van der Waals surface area contributed by atoms with Crippen LogP contribution < -0.4 is 4.74 Å². The molecule has 142 valence electrons. The van der Waals surface area contributed by atoms with E-state index >= 15 is 0 Å². The first-order chi connectivity index (χ1) is 13.0. The summed E-state index contributed by atoms with van der Waals surface area (Å²) < 4.78 is 5.33. The number of rotatable bonds is 3. The molecule has 1 aliphatic rings. The minimum absolute atomic E-state index is 0.0106. The largest absolute Gasteiger partial charge is 0.496 e. The van der Waals surface area contributed by atoms with Crippen LogP contribution in [0.15, 0.2) is 36.7 Å². The fourth-order valence-electron chi connectivity index (χ4n) is 3.41. The number of amides is 2. The molecule has 27 heavy (non-hydrogen) atoms. The average molecular weight is 367 g/mol. The number of pyridine rings is 1. The predicted octanol–water partition coefficient (Wildman–Crippen LogP) is 2.70. The maximum atomic E-state index is 13.0. The summed E-state index contributed by atoms with van der Waals surface area (Å²) in [4.78, 5) is 33.3. The second-order valence-corrected chi connectivity index (χ2v) is 6.81. The van der Waals surface area contributed by atoms with Crippen LogP contribution in [0.5, 0.6) is 5.75 Å². The maximum absolute atomic E-state index is 13.0. The van der Waals surface area contributed by atoms with Crippen LogP contribution in [-0.4, -0.2) is 59.9 Å². The first kappa shape index (κ1) is 18.9. The molecule has 1 aliphatic heterocycles. The summed E-state index contributed by atoms with van der Waals surface area (Å²) in [7, 11) is 1.63. The fraction of sp³-hybridized carbons (Fsp3) is 0.381. The topological polar surface area (TPSA) is 62.7 Å². The Morgan fingerprint density at radius 3 is 2.19 bits per heavy atom. The third-order valence-corrected chi connectivity index (χ3v) is 4.97. The molecule has 2 amide bonds. The van der Waals surface area contributed by atoms with Crippen LogP contribution in [0.4, 0.5) is 0 Å². The molecular weight excluding hydrogens is 342 g/mol. The Morgan fingerprint density at radius 2 is 1.56 bits per heavy atom. The number of methoxy groups -OCH3 is 1. The molecule has 0 bridgehead atoms. The van der Waals surface area contributed by atoms with Gasteiger partial charge in [0.05, 0.1) is 7.11 Å². The van der Waals surface area contributed by atoms with Crippen molar-refractivity contribution >= 4 is 11.8 Å². The summed E-state index contributed by atoms with van der Waals surface area (Å²) in [5.74, 6) is 0.786. The van der Waals surface area contributed by atoms with Gasteiger partial charge in [-0.15, -0.1) is 0 Å². The Kier molecular flexibility index (Phi) is 5.74. The van der Waals surface area contributed by atoms with Crippen molar-refractivity contribution in [3.05, 3.63) is 58.9 Å². The molecule has 1 saturated heterocycles. The van der Waals surface area contributed by atoms with E-state index in [4.69, 9.17) is 4.74 Å². The van der Waals surface area contributed by atoms with Crippen molar-refractivity contribution in [2.24, 2.45) is 0 Å². The summed E-state index contributed by atoms with van der Waals surface area (Å²) in [6.45, 7) is 6.20. The summed E-state index contributed by atoms with van der Waals surface area (Å²) in [6.07, 6.45) is 4.00. The quantitative estimate of drug-likeness (QED) is 0.837. The Labute approximate surface area is 159 Å². The lowest BCUT2D eigenvalue weighted by Gasteiger charge is -2.23. The van der Waals surface area contributed by atoms with Gasteiger partial charge in [0.1, 0.15) is 5.75 Å². The highest BCUT2D eigenvalue weighted by atomic mass is 16.5. The van der Waals surface area contributed by atoms with E-state index in [1.54, 1.807) is 31.6 Å². The molecule has 6 nitrogen and oxygen atoms in total. The normalized spacial score (nSPS) is 14.6. The molecule has 0 spiro atoms. The SMILES string of the molecule is COc1cc(C)c(C(=O)N2CCCN(C(=O)c3ccncc3)CC2)cc1C. The molecule has 2 heterocycles. The number of carbonyl (C=O) groups is 2. The smallest absolute Gasteiger partial charge is 0.254 e. The van der Waals surface area contributed by atoms with E-state index in [0.717, 1.165) is 23.3 Å². The van der Waals surface area contributed by atoms with Crippen LogP contribution >= 0.6 is 0 Å². The standard InChI is InChI=1S/C21H25N3O3/c1-15-14-19(27-3)16(2)13-18(15)21(26)24-10-4-9-23(11-12-24)20(25)17-5-7-22-8-6-17/h5-8,13-14H,4,9-12H2,1-3H3. The van der Waals surface area contributed by atoms with E-state index in [1.165, 1.54) is 0 Å². The molecule has 1 fully saturated rings. The number of ether oxygens (including phenoxy) is 1. The minimum atomic E-state index is -0.0110. The molecule has 6 heteroatoms. The molecule has 0 aliphatic carbocycles. The first-order valence-electron chi connectivity index (χ1n) is 9.15. The number of carbonyl (C=O) groups excluding carboxylic acids is 2. The average Bonchev–Trinajstić information content (AvgIpc) is 2.95. The van der Waals surface area contributed by atoms with Gasteiger partial charge in [-0.1, -0.05) is 0 Å². The molecule has 0 unspecified atom stereocenters. The Hall–Kier alpha value is -2.89. The van der Waals surface area contributed by atoms with Gasteiger partial charge in [0.25, 0.3) is 11.8 Å². The number of hydrogen-bond acceptors (Lipinski definition) is 4. The molecule has 2 aromatic rings. The van der Waals surface area contributed by atoms with Crippen LogP contribution in [0.2, 0.25) is 0 Å². The van der Waals surface area contributed by atoms with Gasteiger partial charge in [-0.25, -0.2) is 0 Å². The molecule has 0 saturated carbocycles. The highest BCUT2D eigenvalue weighted by Crippen LogP contribution is 2.24. The molecule has 0 N–H and O–H groups in total. The molecule has 0 radical (unpaired) electrons. The van der Waals surface area contributed by atoms with Gasteiger partial charge >= 0.3 is 0 Å². The summed E-state index contributed by atoms with van der Waals surface area (Å²) in [5, 5.41) is 0. The number of aromatic nitrogens is 1. The van der Waals surface area contributed by atoms with E-state index in [9.17, 15) is 9.59 Å². The first-order valence-corrected chi connectivity index (χ1v) is 9.15. The van der Waals surface area contributed by atoms with Crippen LogP contribution in [0.3, 0.4) is 0 Å². The molecule has 1 aromatic carbocycles. The van der Waals surface area contributed by atoms with E-state index in [1.807, 2.05) is 35.8 Å². The van der Waals surface area contributed by atoms with Crippen LogP contribution in [0, 0.1) is 13.8 Å². The Morgan fingerprint density at radius 1 is 0.926 bits per heavy atom. The molecular formula is C21H25N3O3. The van der Waals surface area contributed by atoms with Gasteiger partial charge in [0.15, 0.2) is 0 Å². The Bertz CT molecular complexity index is 836. The zero-order chi connectivity index (χ0) is 19.4. The van der Waals surface area contributed by atoms with E-state index < -0.39 is 0 Å². The second kappa shape index (κ2) is 8.20. The van der Waals surface area contributed by atoms with Gasteiger partial charge < -0.3 is 14.5 Å². The van der Waals surface area contributed by atoms with Gasteiger partial charge in [-0.3, -0.25) is 14.6 Å². The van der Waals surface area contributed by atoms with Crippen molar-refractivity contribution in [3.8, 4) is 5.75 Å². The van der Waals surface area contributed by atoms with Gasteiger partial charge in [-0.05, 0) is 55.7 Å². The van der Waals surface area contributed by atoms with Crippen molar-refractivity contribution in [1.82, 2.24) is 14.8 Å². The molecule has 0 atom stereocenters. The van der Waals surface area contributed by atoms with Gasteiger partial charge in [0, 0.05) is 49.7 Å². The molecule has 3 rings (SSSR count). The number of nitrogens with zero attached hydrogens (tertiary/aromatic N) is 3. The maximum Gasteiger partial charge on any atom is 0.254 e. The van der Waals surface area contributed by atoms with Gasteiger partial charge in [-0.2, -0.15) is 0 Å². The highest BCUT2D eigenvalue weighted by molar-refractivity contribution is 5.96. The van der Waals surface area contributed by atoms with E-state index in [0.29, 0.717) is 37.3 Å².